The zero-order chi connectivity index (χ0) is 11.8. The lowest BCUT2D eigenvalue weighted by atomic mass is 10.2. The van der Waals surface area contributed by atoms with Gasteiger partial charge in [-0.2, -0.15) is 0 Å². The van der Waals surface area contributed by atoms with E-state index < -0.39 is 10.8 Å². The Morgan fingerprint density at radius 1 is 1.19 bits per heavy atom. The van der Waals surface area contributed by atoms with E-state index in [1.807, 2.05) is 18.2 Å². The van der Waals surface area contributed by atoms with Gasteiger partial charge >= 0.3 is 0 Å². The average Bonchev–Trinajstić information content (AvgIpc) is 2.30. The van der Waals surface area contributed by atoms with E-state index in [9.17, 15) is 9.00 Å². The van der Waals surface area contributed by atoms with Gasteiger partial charge in [0.2, 0.25) is 0 Å². The SMILES string of the molecule is CCCCCC(=O)CS(=O)c1ccccc1. The molecule has 0 aliphatic heterocycles. The molecule has 0 aliphatic carbocycles. The lowest BCUT2D eigenvalue weighted by Gasteiger charge is -2.01. The van der Waals surface area contributed by atoms with E-state index in [4.69, 9.17) is 0 Å². The average molecular weight is 238 g/mol. The lowest BCUT2D eigenvalue weighted by Crippen LogP contribution is -2.10. The van der Waals surface area contributed by atoms with Crippen LogP contribution in [0.1, 0.15) is 32.6 Å². The van der Waals surface area contributed by atoms with E-state index >= 15 is 0 Å². The number of carbonyl (C=O) groups excluding carboxylic acids is 1. The summed E-state index contributed by atoms with van der Waals surface area (Å²) >= 11 is 0. The van der Waals surface area contributed by atoms with Gasteiger partial charge in [0.1, 0.15) is 5.78 Å². The van der Waals surface area contributed by atoms with E-state index in [2.05, 4.69) is 6.92 Å². The van der Waals surface area contributed by atoms with Gasteiger partial charge in [-0.3, -0.25) is 9.00 Å². The molecule has 0 N–H and O–H groups in total. The van der Waals surface area contributed by atoms with Crippen LogP contribution in [0.25, 0.3) is 0 Å². The Kier molecular flexibility index (Phi) is 6.01. The highest BCUT2D eigenvalue weighted by Crippen LogP contribution is 2.07. The molecule has 0 saturated heterocycles. The first-order valence-corrected chi connectivity index (χ1v) is 7.01. The molecule has 2 nitrogen and oxygen atoms in total. The zero-order valence-electron chi connectivity index (χ0n) is 9.65. The van der Waals surface area contributed by atoms with Crippen LogP contribution in [0.4, 0.5) is 0 Å². The molecule has 0 heterocycles. The van der Waals surface area contributed by atoms with Crippen LogP contribution in [0.5, 0.6) is 0 Å². The first kappa shape index (κ1) is 13.1. The van der Waals surface area contributed by atoms with Crippen LogP contribution in [0.15, 0.2) is 35.2 Å². The Balaban J connectivity index is 2.37. The molecular formula is C13H18O2S. The van der Waals surface area contributed by atoms with Crippen molar-refractivity contribution in [2.24, 2.45) is 0 Å². The predicted octanol–water partition coefficient (Wildman–Crippen LogP) is 2.94. The number of carbonyl (C=O) groups is 1. The van der Waals surface area contributed by atoms with Crippen LogP contribution in [-0.4, -0.2) is 15.7 Å². The van der Waals surface area contributed by atoms with Crippen molar-refractivity contribution in [1.29, 1.82) is 0 Å². The highest BCUT2D eigenvalue weighted by molar-refractivity contribution is 7.85. The third-order valence-electron chi connectivity index (χ3n) is 2.36. The van der Waals surface area contributed by atoms with Gasteiger partial charge < -0.3 is 0 Å². The quantitative estimate of drug-likeness (QED) is 0.684. The van der Waals surface area contributed by atoms with Gasteiger partial charge in [0.15, 0.2) is 0 Å². The molecule has 0 bridgehead atoms. The van der Waals surface area contributed by atoms with Gasteiger partial charge in [-0.15, -0.1) is 0 Å². The van der Waals surface area contributed by atoms with Crippen LogP contribution in [0.3, 0.4) is 0 Å². The molecule has 1 rings (SSSR count). The van der Waals surface area contributed by atoms with Crippen LogP contribution in [-0.2, 0) is 15.6 Å². The van der Waals surface area contributed by atoms with Crippen molar-refractivity contribution < 1.29 is 9.00 Å². The van der Waals surface area contributed by atoms with Crippen molar-refractivity contribution >= 4 is 16.6 Å². The lowest BCUT2D eigenvalue weighted by molar-refractivity contribution is -0.116. The van der Waals surface area contributed by atoms with Gasteiger partial charge in [0.25, 0.3) is 0 Å². The molecule has 16 heavy (non-hydrogen) atoms. The summed E-state index contributed by atoms with van der Waals surface area (Å²) in [4.78, 5) is 12.3. The van der Waals surface area contributed by atoms with Gasteiger partial charge in [0.05, 0.1) is 16.6 Å². The second-order valence-electron chi connectivity index (χ2n) is 3.80. The molecule has 0 fully saturated rings. The first-order chi connectivity index (χ1) is 7.74. The van der Waals surface area contributed by atoms with Crippen LogP contribution in [0, 0.1) is 0 Å². The summed E-state index contributed by atoms with van der Waals surface area (Å²) < 4.78 is 11.8. The number of benzene rings is 1. The maximum Gasteiger partial charge on any atom is 0.145 e. The monoisotopic (exact) mass is 238 g/mol. The third kappa shape index (κ3) is 4.71. The Morgan fingerprint density at radius 3 is 2.50 bits per heavy atom. The van der Waals surface area contributed by atoms with Crippen molar-refractivity contribution in [2.75, 3.05) is 5.75 Å². The summed E-state index contributed by atoms with van der Waals surface area (Å²) in [7, 11) is -1.17. The topological polar surface area (TPSA) is 34.1 Å². The predicted molar refractivity (Wildman–Crippen MR) is 66.9 cm³/mol. The summed E-state index contributed by atoms with van der Waals surface area (Å²) in [5.41, 5.74) is 0. The normalized spacial score (nSPS) is 12.3. The smallest absolute Gasteiger partial charge is 0.145 e. The van der Waals surface area contributed by atoms with Gasteiger partial charge in [-0.25, -0.2) is 0 Å². The minimum atomic E-state index is -1.17. The molecule has 1 aromatic carbocycles. The summed E-state index contributed by atoms with van der Waals surface area (Å²) in [6.07, 6.45) is 3.66. The molecular weight excluding hydrogens is 220 g/mol. The third-order valence-corrected chi connectivity index (χ3v) is 3.74. The zero-order valence-corrected chi connectivity index (χ0v) is 10.5. The van der Waals surface area contributed by atoms with Crippen molar-refractivity contribution in [2.45, 2.75) is 37.5 Å². The Labute approximate surface area is 99.5 Å². The molecule has 1 aromatic rings. The van der Waals surface area contributed by atoms with E-state index in [-0.39, 0.29) is 11.5 Å². The number of Topliss-reactive ketones (excluding diaryl/α,β-unsaturated/α-hetero) is 1. The fraction of sp³-hybridized carbons (Fsp3) is 0.462. The van der Waals surface area contributed by atoms with Crippen molar-refractivity contribution in [3.05, 3.63) is 30.3 Å². The second-order valence-corrected chi connectivity index (χ2v) is 5.25. The number of rotatable bonds is 7. The maximum absolute atomic E-state index is 11.8. The van der Waals surface area contributed by atoms with Crippen LogP contribution >= 0.6 is 0 Å². The first-order valence-electron chi connectivity index (χ1n) is 5.69. The molecule has 0 saturated carbocycles. The van der Waals surface area contributed by atoms with E-state index in [1.165, 1.54) is 0 Å². The molecule has 1 atom stereocenters. The second kappa shape index (κ2) is 7.34. The van der Waals surface area contributed by atoms with Crippen molar-refractivity contribution in [1.82, 2.24) is 0 Å². The highest BCUT2D eigenvalue weighted by atomic mass is 32.2. The van der Waals surface area contributed by atoms with E-state index in [0.29, 0.717) is 6.42 Å². The largest absolute Gasteiger partial charge is 0.299 e. The molecule has 0 spiro atoms. The number of hydrogen-bond acceptors (Lipinski definition) is 2. The summed E-state index contributed by atoms with van der Waals surface area (Å²) in [6.45, 7) is 2.10. The summed E-state index contributed by atoms with van der Waals surface area (Å²) in [5, 5.41) is 0. The van der Waals surface area contributed by atoms with Crippen LogP contribution in [0.2, 0.25) is 0 Å². The van der Waals surface area contributed by atoms with Gasteiger partial charge in [0, 0.05) is 11.3 Å². The molecule has 0 aromatic heterocycles. The van der Waals surface area contributed by atoms with E-state index in [1.54, 1.807) is 12.1 Å². The van der Waals surface area contributed by atoms with Crippen LogP contribution < -0.4 is 0 Å². The fourth-order valence-corrected chi connectivity index (χ4v) is 2.51. The standard InChI is InChI=1S/C13H18O2S/c1-2-3-5-8-12(14)11-16(15)13-9-6-4-7-10-13/h4,6-7,9-10H,2-3,5,8,11H2,1H3. The summed E-state index contributed by atoms with van der Waals surface area (Å²) in [5.74, 6) is 0.268. The fourth-order valence-electron chi connectivity index (χ4n) is 1.45. The molecule has 0 radical (unpaired) electrons. The maximum atomic E-state index is 11.8. The Bertz CT molecular complexity index is 346. The molecule has 0 aliphatic rings. The number of hydrogen-bond donors (Lipinski definition) is 0. The molecule has 88 valence electrons. The van der Waals surface area contributed by atoms with Gasteiger partial charge in [-0.1, -0.05) is 38.0 Å². The molecule has 0 amide bonds. The molecule has 3 heteroatoms. The molecule has 1 unspecified atom stereocenters. The Hall–Kier alpha value is -0.960. The number of ketones is 1. The van der Waals surface area contributed by atoms with Gasteiger partial charge in [-0.05, 0) is 18.6 Å². The number of unbranched alkanes of at least 4 members (excludes halogenated alkanes) is 2. The Morgan fingerprint density at radius 2 is 1.88 bits per heavy atom. The highest BCUT2D eigenvalue weighted by Gasteiger charge is 2.09. The van der Waals surface area contributed by atoms with E-state index in [0.717, 1.165) is 24.2 Å². The van der Waals surface area contributed by atoms with Crippen molar-refractivity contribution in [3.63, 3.8) is 0 Å². The minimum Gasteiger partial charge on any atom is -0.299 e. The minimum absolute atomic E-state index is 0.107. The van der Waals surface area contributed by atoms with Crippen molar-refractivity contribution in [3.8, 4) is 0 Å². The summed E-state index contributed by atoms with van der Waals surface area (Å²) in [6, 6.07) is 9.16.